The highest BCUT2D eigenvalue weighted by Crippen LogP contribution is 2.38. The van der Waals surface area contributed by atoms with Gasteiger partial charge in [-0.15, -0.1) is 13.2 Å². The molecule has 0 radical (unpaired) electrons. The number of hydrogen-bond acceptors (Lipinski definition) is 9. The van der Waals surface area contributed by atoms with E-state index in [1.54, 1.807) is 33.7 Å². The van der Waals surface area contributed by atoms with Gasteiger partial charge < -0.3 is 33.7 Å². The van der Waals surface area contributed by atoms with E-state index in [2.05, 4.69) is 19.7 Å². The molecule has 2 saturated heterocycles. The van der Waals surface area contributed by atoms with E-state index in [4.69, 9.17) is 14.3 Å². The van der Waals surface area contributed by atoms with Crippen LogP contribution < -0.4 is 15.3 Å². The van der Waals surface area contributed by atoms with Crippen molar-refractivity contribution < 1.29 is 50.1 Å². The number of aldehydes is 1. The molecule has 48 heavy (non-hydrogen) atoms. The van der Waals surface area contributed by atoms with Crippen molar-refractivity contribution in [2.75, 3.05) is 31.8 Å². The number of aliphatic hydroxyl groups is 1. The molecule has 0 amide bonds. The van der Waals surface area contributed by atoms with Crippen molar-refractivity contribution in [1.82, 2.24) is 19.5 Å². The zero-order chi connectivity index (χ0) is 34.8. The number of rotatable bonds is 4. The van der Waals surface area contributed by atoms with Crippen LogP contribution in [0.25, 0.3) is 33.1 Å². The van der Waals surface area contributed by atoms with Crippen LogP contribution in [0.3, 0.4) is 0 Å². The van der Waals surface area contributed by atoms with Crippen molar-refractivity contribution in [2.24, 2.45) is 5.92 Å². The number of alkyl halides is 6. The Hall–Kier alpha value is -4.64. The number of hydrogen-bond donors (Lipinski definition) is 2. The molecule has 2 fully saturated rings. The summed E-state index contributed by atoms with van der Waals surface area (Å²) in [4.78, 5) is 34.9. The quantitative estimate of drug-likeness (QED) is 0.173. The number of nitrogens with one attached hydrogen (secondary N) is 1. The van der Waals surface area contributed by atoms with Crippen molar-refractivity contribution in [1.29, 1.82) is 0 Å². The Kier molecular flexibility index (Phi) is 10.0. The molecule has 258 valence electrons. The number of benzene rings is 2. The number of furan rings is 1. The van der Waals surface area contributed by atoms with Crippen LogP contribution in [0.4, 0.5) is 32.2 Å². The van der Waals surface area contributed by atoms with Gasteiger partial charge in [0.15, 0.2) is 11.4 Å². The molecule has 7 rings (SSSR count). The minimum Gasteiger partial charge on any atom is -0.450 e. The molecule has 0 bridgehead atoms. The molecule has 2 aromatic carbocycles. The first kappa shape index (κ1) is 34.7. The average Bonchev–Trinajstić information content (AvgIpc) is 3.75. The lowest BCUT2D eigenvalue weighted by molar-refractivity contribution is -0.274. The fourth-order valence-corrected chi connectivity index (χ4v) is 5.98. The van der Waals surface area contributed by atoms with E-state index in [1.807, 2.05) is 6.92 Å². The highest BCUT2D eigenvalue weighted by atomic mass is 19.4. The third-order valence-corrected chi connectivity index (χ3v) is 8.03. The van der Waals surface area contributed by atoms with Crippen LogP contribution in [0, 0.1) is 5.92 Å². The van der Waals surface area contributed by atoms with Gasteiger partial charge in [0.1, 0.15) is 23.1 Å². The van der Waals surface area contributed by atoms with E-state index in [0.29, 0.717) is 61.0 Å². The van der Waals surface area contributed by atoms with E-state index >= 15 is 0 Å². The van der Waals surface area contributed by atoms with Gasteiger partial charge in [0.2, 0.25) is 5.82 Å². The van der Waals surface area contributed by atoms with Crippen molar-refractivity contribution in [2.45, 2.75) is 50.8 Å². The van der Waals surface area contributed by atoms with Gasteiger partial charge in [-0.3, -0.25) is 4.57 Å². The molecule has 1 unspecified atom stereocenters. The number of carbonyl (C=O) groups excluding carboxylic acids is 1. The summed E-state index contributed by atoms with van der Waals surface area (Å²) in [5.74, 6) is -1.41. The molecule has 3 atom stereocenters. The highest BCUT2D eigenvalue weighted by molar-refractivity contribution is 6.06. The largest absolute Gasteiger partial charge is 0.573 e. The van der Waals surface area contributed by atoms with Crippen molar-refractivity contribution in [3.05, 3.63) is 58.8 Å². The number of aromatic amines is 1. The monoisotopic (exact) mass is 683 g/mol. The molecule has 5 heterocycles. The number of anilines is 1. The van der Waals surface area contributed by atoms with Crippen LogP contribution in [0.1, 0.15) is 38.1 Å². The second-order valence-corrected chi connectivity index (χ2v) is 11.1. The molecule has 11 nitrogen and oxygen atoms in total. The summed E-state index contributed by atoms with van der Waals surface area (Å²) in [6.45, 7) is 3.54. The molecule has 2 aliphatic rings. The second kappa shape index (κ2) is 13.8. The van der Waals surface area contributed by atoms with Crippen molar-refractivity contribution >= 4 is 45.2 Å². The van der Waals surface area contributed by atoms with Gasteiger partial charge in [0, 0.05) is 43.7 Å². The van der Waals surface area contributed by atoms with Crippen LogP contribution in [-0.4, -0.2) is 70.2 Å². The molecule has 0 spiro atoms. The Morgan fingerprint density at radius 1 is 1.06 bits per heavy atom. The number of imidazole rings is 1. The first-order valence-corrected chi connectivity index (χ1v) is 14.8. The minimum atomic E-state index is -4.76. The van der Waals surface area contributed by atoms with Crippen LogP contribution in [0.5, 0.6) is 5.75 Å². The van der Waals surface area contributed by atoms with E-state index in [1.165, 1.54) is 18.2 Å². The summed E-state index contributed by atoms with van der Waals surface area (Å²) in [5.41, 5.74) is 1.28. The summed E-state index contributed by atoms with van der Waals surface area (Å²) in [6, 6.07) is 10.1. The van der Waals surface area contributed by atoms with Gasteiger partial charge in [-0.05, 0) is 43.5 Å². The molecular formula is C31H31F6N5O6. The third kappa shape index (κ3) is 7.11. The number of carbonyl (C=O) groups is 1. The van der Waals surface area contributed by atoms with E-state index in [0.717, 1.165) is 13.4 Å². The number of halogens is 6. The Labute approximate surface area is 268 Å². The van der Waals surface area contributed by atoms with Crippen LogP contribution in [-0.2, 0) is 15.7 Å². The lowest BCUT2D eigenvalue weighted by Gasteiger charge is -2.29. The predicted molar refractivity (Wildman–Crippen MR) is 162 cm³/mol. The smallest absolute Gasteiger partial charge is 0.450 e. The van der Waals surface area contributed by atoms with Crippen LogP contribution in [0.15, 0.2) is 51.7 Å². The molecule has 0 aliphatic carbocycles. The molecule has 2 N–H and O–H groups in total. The predicted octanol–water partition coefficient (Wildman–Crippen LogP) is 6.00. The average molecular weight is 684 g/mol. The summed E-state index contributed by atoms with van der Waals surface area (Å²) in [7, 11) is 1.00. The number of H-pyrrole nitrogens is 1. The summed E-state index contributed by atoms with van der Waals surface area (Å²) >= 11 is 0. The maximum atomic E-state index is 13.2. The van der Waals surface area contributed by atoms with Crippen LogP contribution >= 0.6 is 0 Å². The van der Waals surface area contributed by atoms with E-state index < -0.39 is 24.4 Å². The summed E-state index contributed by atoms with van der Waals surface area (Å²) in [6.07, 6.45) is -6.73. The summed E-state index contributed by atoms with van der Waals surface area (Å²) < 4.78 is 93.0. The molecular weight excluding hydrogens is 652 g/mol. The molecule has 0 saturated carbocycles. The number of nitrogens with zero attached hydrogens (tertiary/aromatic N) is 4. The molecule has 17 heteroatoms. The standard InChI is InChI=1S/C16H12F3N3O2.C14H15F3N2O3.CH4O/c17-16(18,19)15-20-12-10-5-1-2-6-11(10)24-13(12)14(21-15)22-7-3-4-9(22)8-23;1-8-7-21-5-4-11(8)19-12-3-2-9(22-14(15,16)17)6-10(12)18-13(19)20;1-2/h1-2,5-6,8-9H,3-4,7H2;2-3,6,8,11H,4-5,7H2,1H3,(H,18,20);2H,1H3/t9-;8-,11?;/m00./s1. The van der Waals surface area contributed by atoms with Gasteiger partial charge in [0.05, 0.1) is 23.7 Å². The summed E-state index contributed by atoms with van der Waals surface area (Å²) in [5, 5.41) is 7.49. The molecule has 5 aromatic rings. The second-order valence-electron chi connectivity index (χ2n) is 11.1. The Balaban J connectivity index is 0.000000179. The maximum absolute atomic E-state index is 13.2. The van der Waals surface area contributed by atoms with Gasteiger partial charge >= 0.3 is 18.2 Å². The number of aliphatic hydroxyl groups excluding tert-OH is 1. The normalized spacial score (nSPS) is 19.9. The van der Waals surface area contributed by atoms with Crippen LogP contribution in [0.2, 0.25) is 0 Å². The number of fused-ring (bicyclic) bond motifs is 4. The Morgan fingerprint density at radius 3 is 2.50 bits per heavy atom. The molecule has 3 aromatic heterocycles. The molecule has 2 aliphatic heterocycles. The van der Waals surface area contributed by atoms with E-state index in [9.17, 15) is 35.9 Å². The fourth-order valence-electron chi connectivity index (χ4n) is 5.98. The zero-order valence-electron chi connectivity index (χ0n) is 25.6. The SMILES string of the molecule is CO.C[C@H]1COCCC1n1c(=O)[nH]c2cc(OC(F)(F)F)ccc21.O=C[C@@H]1CCCN1c1nc(C(F)(F)F)nc2c1oc1ccccc12. The highest BCUT2D eigenvalue weighted by Gasteiger charge is 2.38. The van der Waals surface area contributed by atoms with Gasteiger partial charge in [-0.25, -0.2) is 14.8 Å². The number of ether oxygens (including phenoxy) is 2. The number of para-hydroxylation sites is 1. The van der Waals surface area contributed by atoms with Gasteiger partial charge in [0.25, 0.3) is 0 Å². The first-order valence-electron chi connectivity index (χ1n) is 14.8. The van der Waals surface area contributed by atoms with Crippen molar-refractivity contribution in [3.8, 4) is 5.75 Å². The third-order valence-electron chi connectivity index (χ3n) is 8.03. The zero-order valence-corrected chi connectivity index (χ0v) is 25.6. The topological polar surface area (TPSA) is 136 Å². The Morgan fingerprint density at radius 2 is 1.81 bits per heavy atom. The van der Waals surface area contributed by atoms with Gasteiger partial charge in [-0.1, -0.05) is 19.1 Å². The fraction of sp³-hybridized carbons (Fsp3) is 0.419. The lowest BCUT2D eigenvalue weighted by atomic mass is 9.97. The van der Waals surface area contributed by atoms with Gasteiger partial charge in [-0.2, -0.15) is 13.2 Å². The number of aromatic nitrogens is 4. The Bertz CT molecular complexity index is 1950. The van der Waals surface area contributed by atoms with E-state index in [-0.39, 0.29) is 40.3 Å². The minimum absolute atomic E-state index is 0.0260. The maximum Gasteiger partial charge on any atom is 0.573 e. The first-order chi connectivity index (χ1) is 22.8. The van der Waals surface area contributed by atoms with Crippen molar-refractivity contribution in [3.63, 3.8) is 0 Å². The lowest BCUT2D eigenvalue weighted by Crippen LogP contribution is -2.33.